The summed E-state index contributed by atoms with van der Waals surface area (Å²) in [6.45, 7) is 8.99. The van der Waals surface area contributed by atoms with Gasteiger partial charge in [-0.25, -0.2) is 9.18 Å². The number of halogens is 1. The molecule has 2 aromatic rings. The molecular formula is C23H28FN3O3. The Morgan fingerprint density at radius 3 is 2.57 bits per heavy atom. The number of benzene rings is 2. The highest BCUT2D eigenvalue weighted by Gasteiger charge is 2.38. The molecule has 0 unspecified atom stereocenters. The van der Waals surface area contributed by atoms with Gasteiger partial charge in [0.05, 0.1) is 11.1 Å². The first-order valence-corrected chi connectivity index (χ1v) is 10.0. The number of hydrogen-bond acceptors (Lipinski definition) is 3. The Balaban J connectivity index is 1.73. The van der Waals surface area contributed by atoms with Crippen molar-refractivity contribution >= 4 is 23.3 Å². The van der Waals surface area contributed by atoms with Gasteiger partial charge in [0.1, 0.15) is 18.2 Å². The topological polar surface area (TPSA) is 70.7 Å². The van der Waals surface area contributed by atoms with E-state index >= 15 is 0 Å². The molecular weight excluding hydrogens is 385 g/mol. The maximum atomic E-state index is 13.0. The minimum Gasteiger partial charge on any atom is -0.490 e. The predicted octanol–water partition coefficient (Wildman–Crippen LogP) is 4.56. The molecule has 6 nitrogen and oxygen atoms in total. The van der Waals surface area contributed by atoms with E-state index in [2.05, 4.69) is 24.5 Å². The maximum absolute atomic E-state index is 13.0. The van der Waals surface area contributed by atoms with Gasteiger partial charge in [-0.2, -0.15) is 0 Å². The molecule has 1 heterocycles. The number of urea groups is 1. The van der Waals surface area contributed by atoms with Gasteiger partial charge in [-0.3, -0.25) is 4.79 Å². The molecule has 0 atom stereocenters. The minimum absolute atomic E-state index is 0.0210. The minimum atomic E-state index is -0.645. The zero-order valence-electron chi connectivity index (χ0n) is 17.8. The zero-order chi connectivity index (χ0) is 21.9. The number of anilines is 2. The third-order valence-electron chi connectivity index (χ3n) is 4.84. The van der Waals surface area contributed by atoms with Gasteiger partial charge in [0.25, 0.3) is 0 Å². The van der Waals surface area contributed by atoms with Gasteiger partial charge < -0.3 is 20.3 Å². The lowest BCUT2D eigenvalue weighted by Gasteiger charge is -2.29. The molecule has 7 heteroatoms. The van der Waals surface area contributed by atoms with Gasteiger partial charge in [0.2, 0.25) is 5.91 Å². The van der Waals surface area contributed by atoms with Gasteiger partial charge in [0.15, 0.2) is 0 Å². The molecule has 1 aliphatic heterocycles. The molecule has 1 aliphatic rings. The van der Waals surface area contributed by atoms with Crippen molar-refractivity contribution in [2.45, 2.75) is 34.2 Å². The van der Waals surface area contributed by atoms with E-state index in [1.807, 2.05) is 13.8 Å². The summed E-state index contributed by atoms with van der Waals surface area (Å²) in [4.78, 5) is 27.0. The Labute approximate surface area is 176 Å². The second-order valence-corrected chi connectivity index (χ2v) is 8.60. The molecule has 0 radical (unpaired) electrons. The van der Waals surface area contributed by atoms with Crippen LogP contribution in [-0.4, -0.2) is 25.1 Å². The fourth-order valence-corrected chi connectivity index (χ4v) is 3.23. The quantitative estimate of drug-likeness (QED) is 0.755. The first kappa shape index (κ1) is 21.6. The molecule has 3 rings (SSSR count). The number of amides is 3. The second-order valence-electron chi connectivity index (χ2n) is 8.60. The van der Waals surface area contributed by atoms with Crippen molar-refractivity contribution in [3.8, 4) is 5.75 Å². The van der Waals surface area contributed by atoms with Gasteiger partial charge in [0, 0.05) is 24.8 Å². The lowest BCUT2D eigenvalue weighted by molar-refractivity contribution is -0.127. The largest absolute Gasteiger partial charge is 0.490 e. The normalized spacial score (nSPS) is 15.3. The Bertz CT molecular complexity index is 926. The number of rotatable bonds is 5. The molecule has 0 fully saturated rings. The molecule has 0 saturated carbocycles. The number of fused-ring (bicyclic) bond motifs is 1. The van der Waals surface area contributed by atoms with E-state index in [1.54, 1.807) is 35.2 Å². The monoisotopic (exact) mass is 413 g/mol. The predicted molar refractivity (Wildman–Crippen MR) is 115 cm³/mol. The molecule has 3 amide bonds. The van der Waals surface area contributed by atoms with E-state index in [9.17, 15) is 14.0 Å². The van der Waals surface area contributed by atoms with Crippen molar-refractivity contribution in [1.29, 1.82) is 0 Å². The zero-order valence-corrected chi connectivity index (χ0v) is 17.8. The lowest BCUT2D eigenvalue weighted by Crippen LogP contribution is -2.43. The van der Waals surface area contributed by atoms with Crippen LogP contribution in [0.15, 0.2) is 42.5 Å². The van der Waals surface area contributed by atoms with Crippen LogP contribution in [0.2, 0.25) is 0 Å². The fourth-order valence-electron chi connectivity index (χ4n) is 3.23. The highest BCUT2D eigenvalue weighted by Crippen LogP contribution is 2.38. The Morgan fingerprint density at radius 2 is 1.90 bits per heavy atom. The standard InChI is InChI=1S/C23H28FN3O3/c1-15(2)13-27-19-10-9-18(11-20(19)30-14-23(3,4)21(27)28)26-22(29)25-12-16-5-7-17(24)8-6-16/h5-11,15H,12-14H2,1-4H3,(H2,25,26,29). The summed E-state index contributed by atoms with van der Waals surface area (Å²) in [6, 6.07) is 10.8. The Morgan fingerprint density at radius 1 is 1.20 bits per heavy atom. The summed E-state index contributed by atoms with van der Waals surface area (Å²) in [7, 11) is 0. The van der Waals surface area contributed by atoms with Crippen LogP contribution in [0, 0.1) is 17.2 Å². The summed E-state index contributed by atoms with van der Waals surface area (Å²) < 4.78 is 18.9. The highest BCUT2D eigenvalue weighted by atomic mass is 19.1. The van der Waals surface area contributed by atoms with E-state index in [4.69, 9.17) is 4.74 Å². The molecule has 2 N–H and O–H groups in total. The van der Waals surface area contributed by atoms with Gasteiger partial charge in [-0.1, -0.05) is 26.0 Å². The molecule has 0 spiro atoms. The number of ether oxygens (including phenoxy) is 1. The third-order valence-corrected chi connectivity index (χ3v) is 4.84. The number of carbonyl (C=O) groups is 2. The summed E-state index contributed by atoms with van der Waals surface area (Å²) >= 11 is 0. The summed E-state index contributed by atoms with van der Waals surface area (Å²) in [6.07, 6.45) is 0. The molecule has 0 aliphatic carbocycles. The van der Waals surface area contributed by atoms with Crippen molar-refractivity contribution in [2.24, 2.45) is 11.3 Å². The van der Waals surface area contributed by atoms with Crippen LogP contribution in [-0.2, 0) is 11.3 Å². The van der Waals surface area contributed by atoms with E-state index in [0.29, 0.717) is 29.6 Å². The van der Waals surface area contributed by atoms with Crippen LogP contribution in [0.25, 0.3) is 0 Å². The first-order chi connectivity index (χ1) is 14.2. The summed E-state index contributed by atoms with van der Waals surface area (Å²) in [5, 5.41) is 5.51. The van der Waals surface area contributed by atoms with Crippen molar-refractivity contribution in [1.82, 2.24) is 5.32 Å². The van der Waals surface area contributed by atoms with Gasteiger partial charge in [-0.05, 0) is 49.6 Å². The summed E-state index contributed by atoms with van der Waals surface area (Å²) in [5.41, 5.74) is 1.41. The van der Waals surface area contributed by atoms with Crippen LogP contribution in [0.4, 0.5) is 20.6 Å². The third kappa shape index (κ3) is 5.09. The molecule has 2 aromatic carbocycles. The van der Waals surface area contributed by atoms with Crippen molar-refractivity contribution in [3.63, 3.8) is 0 Å². The molecule has 0 bridgehead atoms. The van der Waals surface area contributed by atoms with Gasteiger partial charge >= 0.3 is 6.03 Å². The van der Waals surface area contributed by atoms with Crippen LogP contribution >= 0.6 is 0 Å². The SMILES string of the molecule is CC(C)CN1C(=O)C(C)(C)COc2cc(NC(=O)NCc3ccc(F)cc3)ccc21. The molecule has 160 valence electrons. The average Bonchev–Trinajstić information content (AvgIpc) is 2.77. The van der Waals surface area contributed by atoms with Crippen LogP contribution in [0.3, 0.4) is 0 Å². The molecule has 0 aromatic heterocycles. The van der Waals surface area contributed by atoms with Crippen LogP contribution in [0.5, 0.6) is 5.75 Å². The fraction of sp³-hybridized carbons (Fsp3) is 0.391. The number of carbonyl (C=O) groups excluding carboxylic acids is 2. The first-order valence-electron chi connectivity index (χ1n) is 10.0. The smallest absolute Gasteiger partial charge is 0.319 e. The summed E-state index contributed by atoms with van der Waals surface area (Å²) in [5.74, 6) is 0.561. The van der Waals surface area contributed by atoms with Crippen molar-refractivity contribution < 1.29 is 18.7 Å². The van der Waals surface area contributed by atoms with Crippen LogP contribution in [0.1, 0.15) is 33.3 Å². The van der Waals surface area contributed by atoms with E-state index in [0.717, 1.165) is 5.56 Å². The van der Waals surface area contributed by atoms with E-state index in [1.165, 1.54) is 12.1 Å². The number of nitrogens with zero attached hydrogens (tertiary/aromatic N) is 1. The van der Waals surface area contributed by atoms with E-state index in [-0.39, 0.29) is 30.9 Å². The van der Waals surface area contributed by atoms with Crippen molar-refractivity contribution in [2.75, 3.05) is 23.4 Å². The average molecular weight is 413 g/mol. The van der Waals surface area contributed by atoms with Gasteiger partial charge in [-0.15, -0.1) is 0 Å². The van der Waals surface area contributed by atoms with Crippen LogP contribution < -0.4 is 20.3 Å². The number of hydrogen-bond donors (Lipinski definition) is 2. The maximum Gasteiger partial charge on any atom is 0.319 e. The molecule has 0 saturated heterocycles. The second kappa shape index (κ2) is 8.73. The molecule has 30 heavy (non-hydrogen) atoms. The lowest BCUT2D eigenvalue weighted by atomic mass is 9.92. The number of nitrogens with one attached hydrogen (secondary N) is 2. The Hall–Kier alpha value is -3.09. The van der Waals surface area contributed by atoms with Crippen molar-refractivity contribution in [3.05, 3.63) is 53.8 Å². The highest BCUT2D eigenvalue weighted by molar-refractivity contribution is 6.00. The van der Waals surface area contributed by atoms with E-state index < -0.39 is 5.41 Å². The Kier molecular flexibility index (Phi) is 6.29.